The van der Waals surface area contributed by atoms with E-state index in [4.69, 9.17) is 24.7 Å². The van der Waals surface area contributed by atoms with Gasteiger partial charge in [0.1, 0.15) is 0 Å². The molecule has 0 radical (unpaired) electrons. The molecule has 5 heteroatoms. The molecule has 0 saturated heterocycles. The second-order valence-electron chi connectivity index (χ2n) is 5.53. The molecular formula is C19H25NO4. The molecule has 0 fully saturated rings. The molecule has 0 amide bonds. The lowest BCUT2D eigenvalue weighted by Gasteiger charge is -2.22. The van der Waals surface area contributed by atoms with E-state index in [1.807, 2.05) is 49.4 Å². The summed E-state index contributed by atoms with van der Waals surface area (Å²) in [7, 11) is 4.77. The first-order valence-electron chi connectivity index (χ1n) is 7.81. The zero-order chi connectivity index (χ0) is 17.5. The average molecular weight is 331 g/mol. The molecule has 0 aromatic heterocycles. The van der Waals surface area contributed by atoms with Gasteiger partial charge in [-0.25, -0.2) is 0 Å². The Morgan fingerprint density at radius 1 is 0.917 bits per heavy atom. The van der Waals surface area contributed by atoms with E-state index in [1.165, 1.54) is 0 Å². The van der Waals surface area contributed by atoms with Gasteiger partial charge < -0.3 is 24.7 Å². The van der Waals surface area contributed by atoms with E-state index in [0.29, 0.717) is 23.9 Å². The zero-order valence-corrected chi connectivity index (χ0v) is 14.6. The van der Waals surface area contributed by atoms with Crippen LogP contribution in [0.3, 0.4) is 0 Å². The number of methoxy groups -OCH3 is 3. The lowest BCUT2D eigenvalue weighted by Crippen LogP contribution is -2.26. The molecule has 2 rings (SSSR count). The van der Waals surface area contributed by atoms with Gasteiger partial charge in [0.15, 0.2) is 11.5 Å². The van der Waals surface area contributed by atoms with Crippen molar-refractivity contribution in [3.63, 3.8) is 0 Å². The van der Waals surface area contributed by atoms with Crippen LogP contribution in [0.4, 0.5) is 0 Å². The third-order valence-electron chi connectivity index (χ3n) is 3.76. The van der Waals surface area contributed by atoms with Gasteiger partial charge in [0.2, 0.25) is 5.75 Å². The summed E-state index contributed by atoms with van der Waals surface area (Å²) in [6.07, 6.45) is -0.190. The fourth-order valence-corrected chi connectivity index (χ4v) is 2.60. The van der Waals surface area contributed by atoms with Crippen LogP contribution < -0.4 is 19.9 Å². The molecule has 2 atom stereocenters. The predicted octanol–water partition coefficient (Wildman–Crippen LogP) is 3.32. The second-order valence-corrected chi connectivity index (χ2v) is 5.53. The molecule has 0 bridgehead atoms. The van der Waals surface area contributed by atoms with Crippen LogP contribution in [-0.2, 0) is 11.3 Å². The Kier molecular flexibility index (Phi) is 6.46. The highest BCUT2D eigenvalue weighted by atomic mass is 16.5. The molecule has 0 aliphatic rings. The van der Waals surface area contributed by atoms with Crippen LogP contribution in [0, 0.1) is 0 Å². The summed E-state index contributed by atoms with van der Waals surface area (Å²) < 4.78 is 22.2. The first-order valence-corrected chi connectivity index (χ1v) is 7.81. The molecule has 0 aliphatic carbocycles. The molecule has 0 saturated carbocycles. The maximum Gasteiger partial charge on any atom is 0.203 e. The standard InChI is InChI=1S/C19H25NO4/c1-13(20)18(15-8-6-5-7-9-15)24-12-14-10-16(21-2)19(23-4)17(11-14)22-3/h5-11,13,18H,12,20H2,1-4H3. The Bertz CT molecular complexity index is 618. The SMILES string of the molecule is COc1cc(COC(c2ccccc2)C(C)N)cc(OC)c1OC. The number of benzene rings is 2. The Morgan fingerprint density at radius 2 is 1.50 bits per heavy atom. The summed E-state index contributed by atoms with van der Waals surface area (Å²) in [6.45, 7) is 2.32. The van der Waals surface area contributed by atoms with E-state index >= 15 is 0 Å². The molecule has 0 aliphatic heterocycles. The Morgan fingerprint density at radius 3 is 1.96 bits per heavy atom. The van der Waals surface area contributed by atoms with Gasteiger partial charge >= 0.3 is 0 Å². The molecule has 0 heterocycles. The Balaban J connectivity index is 2.21. The van der Waals surface area contributed by atoms with Gasteiger partial charge in [-0.05, 0) is 30.2 Å². The summed E-state index contributed by atoms with van der Waals surface area (Å²) in [4.78, 5) is 0. The van der Waals surface area contributed by atoms with Crippen molar-refractivity contribution in [2.45, 2.75) is 25.7 Å². The molecule has 2 aromatic rings. The molecule has 2 aromatic carbocycles. The lowest BCUT2D eigenvalue weighted by molar-refractivity contribution is 0.0257. The number of rotatable bonds is 8. The highest BCUT2D eigenvalue weighted by Gasteiger charge is 2.18. The van der Waals surface area contributed by atoms with Crippen LogP contribution in [0.25, 0.3) is 0 Å². The maximum atomic E-state index is 6.10. The van der Waals surface area contributed by atoms with E-state index in [-0.39, 0.29) is 12.1 Å². The van der Waals surface area contributed by atoms with Gasteiger partial charge in [0.05, 0.1) is 34.0 Å². The van der Waals surface area contributed by atoms with Crippen LogP contribution >= 0.6 is 0 Å². The smallest absolute Gasteiger partial charge is 0.203 e. The summed E-state index contributed by atoms with van der Waals surface area (Å²) in [5.74, 6) is 1.77. The van der Waals surface area contributed by atoms with Crippen molar-refractivity contribution >= 4 is 0 Å². The molecule has 2 N–H and O–H groups in total. The summed E-state index contributed by atoms with van der Waals surface area (Å²) in [5.41, 5.74) is 8.07. The Hall–Kier alpha value is -2.24. The van der Waals surface area contributed by atoms with E-state index in [0.717, 1.165) is 11.1 Å². The van der Waals surface area contributed by atoms with Crippen molar-refractivity contribution in [2.24, 2.45) is 5.73 Å². The number of hydrogen-bond acceptors (Lipinski definition) is 5. The first kappa shape index (κ1) is 18.1. The fourth-order valence-electron chi connectivity index (χ4n) is 2.60. The summed E-state index contributed by atoms with van der Waals surface area (Å²) in [6, 6.07) is 13.6. The third kappa shape index (κ3) is 4.19. The number of ether oxygens (including phenoxy) is 4. The normalized spacial score (nSPS) is 13.2. The van der Waals surface area contributed by atoms with Crippen LogP contribution in [0.2, 0.25) is 0 Å². The van der Waals surface area contributed by atoms with E-state index < -0.39 is 0 Å². The minimum absolute atomic E-state index is 0.130. The minimum Gasteiger partial charge on any atom is -0.493 e. The van der Waals surface area contributed by atoms with Gasteiger partial charge in [-0.2, -0.15) is 0 Å². The minimum atomic E-state index is -0.190. The number of nitrogens with two attached hydrogens (primary N) is 1. The molecule has 5 nitrogen and oxygen atoms in total. The Labute approximate surface area is 143 Å². The van der Waals surface area contributed by atoms with Crippen molar-refractivity contribution in [3.8, 4) is 17.2 Å². The largest absolute Gasteiger partial charge is 0.493 e. The van der Waals surface area contributed by atoms with E-state index in [9.17, 15) is 0 Å². The van der Waals surface area contributed by atoms with Crippen molar-refractivity contribution < 1.29 is 18.9 Å². The van der Waals surface area contributed by atoms with Gasteiger partial charge in [0, 0.05) is 6.04 Å². The van der Waals surface area contributed by atoms with Gasteiger partial charge in [-0.15, -0.1) is 0 Å². The second kappa shape index (κ2) is 8.57. The summed E-state index contributed by atoms with van der Waals surface area (Å²) in [5, 5.41) is 0. The van der Waals surface area contributed by atoms with Crippen LogP contribution in [0.1, 0.15) is 24.2 Å². The van der Waals surface area contributed by atoms with Crippen molar-refractivity contribution in [2.75, 3.05) is 21.3 Å². The monoisotopic (exact) mass is 331 g/mol. The molecule has 0 spiro atoms. The van der Waals surface area contributed by atoms with Crippen LogP contribution in [0.5, 0.6) is 17.2 Å². The topological polar surface area (TPSA) is 62.9 Å². The van der Waals surface area contributed by atoms with Crippen LogP contribution in [0.15, 0.2) is 42.5 Å². The molecular weight excluding hydrogens is 306 g/mol. The van der Waals surface area contributed by atoms with Crippen molar-refractivity contribution in [3.05, 3.63) is 53.6 Å². The average Bonchev–Trinajstić information content (AvgIpc) is 2.61. The van der Waals surface area contributed by atoms with Gasteiger partial charge in [0.25, 0.3) is 0 Å². The highest BCUT2D eigenvalue weighted by Crippen LogP contribution is 2.38. The van der Waals surface area contributed by atoms with E-state index in [1.54, 1.807) is 21.3 Å². The maximum absolute atomic E-state index is 6.10. The quantitative estimate of drug-likeness (QED) is 0.804. The summed E-state index contributed by atoms with van der Waals surface area (Å²) >= 11 is 0. The zero-order valence-electron chi connectivity index (χ0n) is 14.6. The molecule has 24 heavy (non-hydrogen) atoms. The van der Waals surface area contributed by atoms with Crippen molar-refractivity contribution in [1.29, 1.82) is 0 Å². The van der Waals surface area contributed by atoms with Crippen molar-refractivity contribution in [1.82, 2.24) is 0 Å². The molecule has 130 valence electrons. The fraction of sp³-hybridized carbons (Fsp3) is 0.368. The number of hydrogen-bond donors (Lipinski definition) is 1. The third-order valence-corrected chi connectivity index (χ3v) is 3.76. The first-order chi connectivity index (χ1) is 11.6. The predicted molar refractivity (Wildman–Crippen MR) is 93.7 cm³/mol. The highest BCUT2D eigenvalue weighted by molar-refractivity contribution is 5.53. The lowest BCUT2D eigenvalue weighted by atomic mass is 10.0. The van der Waals surface area contributed by atoms with Gasteiger partial charge in [-0.3, -0.25) is 0 Å². The van der Waals surface area contributed by atoms with Gasteiger partial charge in [-0.1, -0.05) is 30.3 Å². The van der Waals surface area contributed by atoms with Crippen LogP contribution in [-0.4, -0.2) is 27.4 Å². The molecule has 2 unspecified atom stereocenters. The van der Waals surface area contributed by atoms with E-state index in [2.05, 4.69) is 0 Å².